The predicted molar refractivity (Wildman–Crippen MR) is 73.6 cm³/mol. The van der Waals surface area contributed by atoms with Crippen molar-refractivity contribution < 1.29 is 14.3 Å². The molecule has 0 unspecified atom stereocenters. The molecule has 0 aliphatic rings. The van der Waals surface area contributed by atoms with Crippen LogP contribution < -0.4 is 5.32 Å². The van der Waals surface area contributed by atoms with Crippen LogP contribution in [0, 0.1) is 11.8 Å². The van der Waals surface area contributed by atoms with Gasteiger partial charge in [0.2, 0.25) is 5.91 Å². The molecule has 18 heavy (non-hydrogen) atoms. The van der Waals surface area contributed by atoms with Gasteiger partial charge in [-0.25, -0.2) is 0 Å². The van der Waals surface area contributed by atoms with Gasteiger partial charge in [0, 0.05) is 19.6 Å². The van der Waals surface area contributed by atoms with E-state index < -0.39 is 0 Å². The molecule has 0 aromatic rings. The van der Waals surface area contributed by atoms with E-state index in [1.165, 1.54) is 0 Å². The van der Waals surface area contributed by atoms with Crippen LogP contribution in [-0.4, -0.2) is 38.9 Å². The van der Waals surface area contributed by atoms with Crippen molar-refractivity contribution in [1.82, 2.24) is 5.32 Å². The number of nitrogens with one attached hydrogen (secondary N) is 1. The number of hydrogen-bond donors (Lipinski definition) is 1. The van der Waals surface area contributed by atoms with Gasteiger partial charge in [0.25, 0.3) is 0 Å². The van der Waals surface area contributed by atoms with Crippen molar-refractivity contribution in [2.75, 3.05) is 33.0 Å². The summed E-state index contributed by atoms with van der Waals surface area (Å²) < 4.78 is 10.7. The Morgan fingerprint density at radius 1 is 0.944 bits per heavy atom. The Hall–Kier alpha value is -0.610. The number of rotatable bonds is 11. The first-order valence-electron chi connectivity index (χ1n) is 6.94. The van der Waals surface area contributed by atoms with Crippen molar-refractivity contribution in [2.24, 2.45) is 11.8 Å². The molecule has 1 N–H and O–H groups in total. The molecule has 0 aliphatic heterocycles. The maximum absolute atomic E-state index is 11.3. The topological polar surface area (TPSA) is 47.6 Å². The number of amides is 1. The first-order chi connectivity index (χ1) is 8.52. The fraction of sp³-hybridized carbons (Fsp3) is 0.929. The highest BCUT2D eigenvalue weighted by Gasteiger charge is 2.01. The zero-order valence-electron chi connectivity index (χ0n) is 12.3. The van der Waals surface area contributed by atoms with E-state index in [1.54, 1.807) is 0 Å². The molecule has 4 heteroatoms. The molecule has 108 valence electrons. The number of hydrogen-bond acceptors (Lipinski definition) is 3. The van der Waals surface area contributed by atoms with E-state index in [2.05, 4.69) is 33.0 Å². The van der Waals surface area contributed by atoms with Crippen molar-refractivity contribution in [3.8, 4) is 0 Å². The summed E-state index contributed by atoms with van der Waals surface area (Å²) in [5.41, 5.74) is 0. The lowest BCUT2D eigenvalue weighted by molar-refractivity contribution is -0.122. The molecular weight excluding hydrogens is 230 g/mol. The molecule has 0 heterocycles. The van der Waals surface area contributed by atoms with Crippen LogP contribution in [0.4, 0.5) is 0 Å². The lowest BCUT2D eigenvalue weighted by Gasteiger charge is -2.08. The summed E-state index contributed by atoms with van der Waals surface area (Å²) >= 11 is 0. The summed E-state index contributed by atoms with van der Waals surface area (Å²) in [7, 11) is 0. The summed E-state index contributed by atoms with van der Waals surface area (Å²) in [6, 6.07) is 0. The van der Waals surface area contributed by atoms with Gasteiger partial charge >= 0.3 is 0 Å². The highest BCUT2D eigenvalue weighted by atomic mass is 16.5. The summed E-state index contributed by atoms with van der Waals surface area (Å²) in [6.07, 6.45) is 1.51. The molecule has 0 aromatic heterocycles. The van der Waals surface area contributed by atoms with Gasteiger partial charge < -0.3 is 14.8 Å². The zero-order valence-corrected chi connectivity index (χ0v) is 12.3. The minimum Gasteiger partial charge on any atom is -0.379 e. The molecule has 1 amide bonds. The van der Waals surface area contributed by atoms with E-state index in [-0.39, 0.29) is 5.91 Å². The van der Waals surface area contributed by atoms with E-state index in [0.29, 0.717) is 38.1 Å². The molecule has 4 nitrogen and oxygen atoms in total. The van der Waals surface area contributed by atoms with Crippen LogP contribution in [-0.2, 0) is 14.3 Å². The molecule has 0 saturated heterocycles. The fourth-order valence-electron chi connectivity index (χ4n) is 1.21. The van der Waals surface area contributed by atoms with Crippen LogP contribution in [0.1, 0.15) is 40.5 Å². The smallest absolute Gasteiger partial charge is 0.222 e. The van der Waals surface area contributed by atoms with E-state index in [9.17, 15) is 4.79 Å². The van der Waals surface area contributed by atoms with Gasteiger partial charge in [0.15, 0.2) is 0 Å². The zero-order chi connectivity index (χ0) is 13.8. The maximum Gasteiger partial charge on any atom is 0.222 e. The second-order valence-electron chi connectivity index (χ2n) is 5.36. The van der Waals surface area contributed by atoms with E-state index in [1.807, 2.05) is 0 Å². The minimum absolute atomic E-state index is 0.0597. The van der Waals surface area contributed by atoms with Crippen molar-refractivity contribution >= 4 is 5.91 Å². The van der Waals surface area contributed by atoms with Gasteiger partial charge in [0.05, 0.1) is 19.8 Å². The molecule has 0 fully saturated rings. The van der Waals surface area contributed by atoms with Gasteiger partial charge in [-0.1, -0.05) is 27.7 Å². The van der Waals surface area contributed by atoms with Crippen LogP contribution >= 0.6 is 0 Å². The Kier molecular flexibility index (Phi) is 11.1. The highest BCUT2D eigenvalue weighted by molar-refractivity contribution is 5.75. The molecule has 0 aliphatic carbocycles. The first kappa shape index (κ1) is 17.4. The van der Waals surface area contributed by atoms with Crippen molar-refractivity contribution in [1.29, 1.82) is 0 Å². The molecule has 0 saturated carbocycles. The van der Waals surface area contributed by atoms with Crippen molar-refractivity contribution in [2.45, 2.75) is 40.5 Å². The van der Waals surface area contributed by atoms with Gasteiger partial charge in [0.1, 0.15) is 0 Å². The fourth-order valence-corrected chi connectivity index (χ4v) is 1.21. The van der Waals surface area contributed by atoms with E-state index >= 15 is 0 Å². The monoisotopic (exact) mass is 259 g/mol. The van der Waals surface area contributed by atoms with Crippen molar-refractivity contribution in [3.05, 3.63) is 0 Å². The largest absolute Gasteiger partial charge is 0.379 e. The lowest BCUT2D eigenvalue weighted by atomic mass is 10.1. The SMILES string of the molecule is CC(C)CCOCCOCCC(=O)NCC(C)C. The normalized spacial score (nSPS) is 11.2. The number of ether oxygens (including phenoxy) is 2. The summed E-state index contributed by atoms with van der Waals surface area (Å²) in [5.74, 6) is 1.23. The average Bonchev–Trinajstić information content (AvgIpc) is 2.29. The quantitative estimate of drug-likeness (QED) is 0.579. The summed E-state index contributed by atoms with van der Waals surface area (Å²) in [4.78, 5) is 11.3. The Balaban J connectivity index is 3.17. The lowest BCUT2D eigenvalue weighted by Crippen LogP contribution is -2.28. The molecular formula is C14H29NO3. The molecule has 0 radical (unpaired) electrons. The van der Waals surface area contributed by atoms with E-state index in [0.717, 1.165) is 19.6 Å². The van der Waals surface area contributed by atoms with Crippen molar-refractivity contribution in [3.63, 3.8) is 0 Å². The molecule has 0 bridgehead atoms. The van der Waals surface area contributed by atoms with Gasteiger partial charge in [-0.2, -0.15) is 0 Å². The second-order valence-corrected chi connectivity index (χ2v) is 5.36. The number of carbonyl (C=O) groups excluding carboxylic acids is 1. The number of carbonyl (C=O) groups is 1. The van der Waals surface area contributed by atoms with E-state index in [4.69, 9.17) is 9.47 Å². The minimum atomic E-state index is 0.0597. The highest BCUT2D eigenvalue weighted by Crippen LogP contribution is 1.98. The average molecular weight is 259 g/mol. The molecule has 0 atom stereocenters. The van der Waals surface area contributed by atoms with Crippen LogP contribution in [0.3, 0.4) is 0 Å². The van der Waals surface area contributed by atoms with Crippen LogP contribution in [0.2, 0.25) is 0 Å². The van der Waals surface area contributed by atoms with Crippen LogP contribution in [0.15, 0.2) is 0 Å². The third-order valence-corrected chi connectivity index (χ3v) is 2.39. The third kappa shape index (κ3) is 13.5. The summed E-state index contributed by atoms with van der Waals surface area (Å²) in [5, 5.41) is 2.86. The Bertz CT molecular complexity index is 205. The summed E-state index contributed by atoms with van der Waals surface area (Å²) in [6.45, 7) is 11.7. The molecule has 0 rings (SSSR count). The predicted octanol–water partition coefficient (Wildman–Crippen LogP) is 2.23. The van der Waals surface area contributed by atoms with Crippen LogP contribution in [0.5, 0.6) is 0 Å². The molecule has 0 aromatic carbocycles. The standard InChI is InChI=1S/C14H29NO3/c1-12(2)5-7-17-9-10-18-8-6-14(16)15-11-13(3)4/h12-13H,5-11H2,1-4H3,(H,15,16). The van der Waals surface area contributed by atoms with Crippen LogP contribution in [0.25, 0.3) is 0 Å². The molecule has 0 spiro atoms. The first-order valence-corrected chi connectivity index (χ1v) is 6.94. The third-order valence-electron chi connectivity index (χ3n) is 2.39. The van der Waals surface area contributed by atoms with Gasteiger partial charge in [-0.15, -0.1) is 0 Å². The Morgan fingerprint density at radius 3 is 2.11 bits per heavy atom. The second kappa shape index (κ2) is 11.5. The Morgan fingerprint density at radius 2 is 1.56 bits per heavy atom. The Labute approximate surface area is 111 Å². The maximum atomic E-state index is 11.3. The van der Waals surface area contributed by atoms with Gasteiger partial charge in [-0.3, -0.25) is 4.79 Å². The van der Waals surface area contributed by atoms with Gasteiger partial charge in [-0.05, 0) is 18.3 Å².